The Balaban J connectivity index is 1.89. The van der Waals surface area contributed by atoms with Gasteiger partial charge >= 0.3 is 0 Å². The van der Waals surface area contributed by atoms with E-state index in [2.05, 4.69) is 9.97 Å². The van der Waals surface area contributed by atoms with Crippen molar-refractivity contribution in [3.63, 3.8) is 0 Å². The number of amides is 1. The largest absolute Gasteiger partial charge is 0.389 e. The first kappa shape index (κ1) is 13.1. The molecule has 1 aromatic heterocycles. The number of hydrogen-bond acceptors (Lipinski definition) is 3. The molecule has 5 nitrogen and oxygen atoms in total. The quantitative estimate of drug-likeness (QED) is 0.887. The van der Waals surface area contributed by atoms with Gasteiger partial charge in [0.2, 0.25) is 0 Å². The molecule has 3 rings (SSSR count). The number of likely N-dealkylation sites (tertiary alicyclic amines) is 1. The molecule has 0 atom stereocenters. The molecule has 6 heteroatoms. The fraction of sp³-hybridized carbons (Fsp3) is 0.286. The van der Waals surface area contributed by atoms with Crippen LogP contribution in [0, 0.1) is 6.92 Å². The Labute approximate surface area is 121 Å². The third-order valence-electron chi connectivity index (χ3n) is 3.33. The molecule has 104 valence electrons. The van der Waals surface area contributed by atoms with E-state index in [0.717, 1.165) is 5.56 Å². The van der Waals surface area contributed by atoms with Crippen LogP contribution in [-0.2, 0) is 0 Å². The summed E-state index contributed by atoms with van der Waals surface area (Å²) in [6.45, 7) is 2.56. The lowest BCUT2D eigenvalue weighted by molar-refractivity contribution is 0.00549. The van der Waals surface area contributed by atoms with Gasteiger partial charge < -0.3 is 15.0 Å². The van der Waals surface area contributed by atoms with Crippen LogP contribution in [0.1, 0.15) is 16.2 Å². The number of imidazole rings is 1. The standard InChI is InChI=1S/C14H14ClN3O2/c1-8-12(14(20)18-6-11(19)7-18)17-13(16-8)9-3-2-4-10(15)5-9/h2-5,11,19H,6-7H2,1H3,(H,16,17). The number of aryl methyl sites for hydroxylation is 1. The van der Waals surface area contributed by atoms with Crippen LogP contribution in [0.25, 0.3) is 11.4 Å². The molecule has 1 amide bonds. The summed E-state index contributed by atoms with van der Waals surface area (Å²) in [5, 5.41) is 9.88. The van der Waals surface area contributed by atoms with Crippen LogP contribution in [0.4, 0.5) is 0 Å². The number of aromatic nitrogens is 2. The number of benzene rings is 1. The van der Waals surface area contributed by atoms with Crippen LogP contribution in [0.3, 0.4) is 0 Å². The predicted molar refractivity (Wildman–Crippen MR) is 75.7 cm³/mol. The molecule has 0 aliphatic carbocycles. The van der Waals surface area contributed by atoms with Crippen LogP contribution >= 0.6 is 11.6 Å². The molecule has 1 aromatic carbocycles. The van der Waals surface area contributed by atoms with Crippen molar-refractivity contribution in [3.8, 4) is 11.4 Å². The third-order valence-corrected chi connectivity index (χ3v) is 3.57. The Morgan fingerprint density at radius 2 is 2.25 bits per heavy atom. The zero-order valence-corrected chi connectivity index (χ0v) is 11.7. The van der Waals surface area contributed by atoms with Gasteiger partial charge in [0, 0.05) is 29.4 Å². The minimum absolute atomic E-state index is 0.155. The molecule has 0 spiro atoms. The van der Waals surface area contributed by atoms with Crippen molar-refractivity contribution >= 4 is 17.5 Å². The third kappa shape index (κ3) is 2.30. The van der Waals surface area contributed by atoms with E-state index in [9.17, 15) is 9.90 Å². The number of carbonyl (C=O) groups is 1. The van der Waals surface area contributed by atoms with Crippen molar-refractivity contribution in [1.29, 1.82) is 0 Å². The number of aliphatic hydroxyl groups is 1. The number of aromatic amines is 1. The molecule has 0 radical (unpaired) electrons. The van der Waals surface area contributed by atoms with Gasteiger partial charge in [-0.25, -0.2) is 4.98 Å². The highest BCUT2D eigenvalue weighted by molar-refractivity contribution is 6.30. The van der Waals surface area contributed by atoms with E-state index in [4.69, 9.17) is 11.6 Å². The van der Waals surface area contributed by atoms with E-state index in [1.165, 1.54) is 0 Å². The van der Waals surface area contributed by atoms with Gasteiger partial charge in [0.1, 0.15) is 11.5 Å². The second kappa shape index (κ2) is 4.92. The SMILES string of the molecule is Cc1[nH]c(-c2cccc(Cl)c2)nc1C(=O)N1CC(O)C1. The smallest absolute Gasteiger partial charge is 0.274 e. The van der Waals surface area contributed by atoms with Gasteiger partial charge in [-0.15, -0.1) is 0 Å². The van der Waals surface area contributed by atoms with E-state index < -0.39 is 6.10 Å². The second-order valence-electron chi connectivity index (χ2n) is 4.93. The average Bonchev–Trinajstić information content (AvgIpc) is 2.76. The van der Waals surface area contributed by atoms with E-state index >= 15 is 0 Å². The molecule has 1 fully saturated rings. The topological polar surface area (TPSA) is 69.2 Å². The van der Waals surface area contributed by atoms with Crippen LogP contribution in [0.2, 0.25) is 5.02 Å². The Morgan fingerprint density at radius 3 is 2.90 bits per heavy atom. The maximum atomic E-state index is 12.2. The Morgan fingerprint density at radius 1 is 1.50 bits per heavy atom. The van der Waals surface area contributed by atoms with E-state index in [0.29, 0.717) is 35.3 Å². The molecule has 2 N–H and O–H groups in total. The summed E-state index contributed by atoms with van der Waals surface area (Å²) in [6.07, 6.45) is -0.411. The number of nitrogens with zero attached hydrogens (tertiary/aromatic N) is 2. The normalized spacial score (nSPS) is 15.2. The Bertz CT molecular complexity index is 662. The van der Waals surface area contributed by atoms with Crippen molar-refractivity contribution in [3.05, 3.63) is 40.7 Å². The lowest BCUT2D eigenvalue weighted by Gasteiger charge is -2.35. The van der Waals surface area contributed by atoms with Gasteiger partial charge in [0.05, 0.1) is 6.10 Å². The zero-order valence-electron chi connectivity index (χ0n) is 10.9. The van der Waals surface area contributed by atoms with Gasteiger partial charge in [-0.2, -0.15) is 0 Å². The first-order valence-corrected chi connectivity index (χ1v) is 6.72. The highest BCUT2D eigenvalue weighted by Gasteiger charge is 2.31. The molecule has 2 heterocycles. The maximum Gasteiger partial charge on any atom is 0.274 e. The predicted octanol–water partition coefficient (Wildman–Crippen LogP) is 1.86. The number of β-amino-alcohol motifs (C(OH)–C–C–N with tert-alkyl or cyclic N) is 1. The van der Waals surface area contributed by atoms with Crippen LogP contribution < -0.4 is 0 Å². The molecule has 0 unspecified atom stereocenters. The maximum absolute atomic E-state index is 12.2. The van der Waals surface area contributed by atoms with Crippen LogP contribution in [0.15, 0.2) is 24.3 Å². The lowest BCUT2D eigenvalue weighted by Crippen LogP contribution is -2.53. The summed E-state index contributed by atoms with van der Waals surface area (Å²) < 4.78 is 0. The molecule has 2 aromatic rings. The fourth-order valence-corrected chi connectivity index (χ4v) is 2.40. The van der Waals surface area contributed by atoms with Gasteiger partial charge in [-0.05, 0) is 19.1 Å². The summed E-state index contributed by atoms with van der Waals surface area (Å²) in [4.78, 5) is 21.3. The monoisotopic (exact) mass is 291 g/mol. The average molecular weight is 292 g/mol. The molecule has 20 heavy (non-hydrogen) atoms. The fourth-order valence-electron chi connectivity index (χ4n) is 2.21. The van der Waals surface area contributed by atoms with Crippen molar-refractivity contribution in [2.24, 2.45) is 0 Å². The number of rotatable bonds is 2. The summed E-state index contributed by atoms with van der Waals surface area (Å²) in [5.74, 6) is 0.465. The molecular formula is C14H14ClN3O2. The van der Waals surface area contributed by atoms with E-state index in [-0.39, 0.29) is 5.91 Å². The van der Waals surface area contributed by atoms with Crippen LogP contribution in [-0.4, -0.2) is 45.1 Å². The van der Waals surface area contributed by atoms with E-state index in [1.807, 2.05) is 19.1 Å². The second-order valence-corrected chi connectivity index (χ2v) is 5.37. The number of H-pyrrole nitrogens is 1. The summed E-state index contributed by atoms with van der Waals surface area (Å²) >= 11 is 5.96. The summed E-state index contributed by atoms with van der Waals surface area (Å²) in [6, 6.07) is 7.30. The minimum Gasteiger partial charge on any atom is -0.389 e. The van der Waals surface area contributed by atoms with Gasteiger partial charge in [0.25, 0.3) is 5.91 Å². The number of aliphatic hydroxyl groups excluding tert-OH is 1. The van der Waals surface area contributed by atoms with Crippen LogP contribution in [0.5, 0.6) is 0 Å². The lowest BCUT2D eigenvalue weighted by atomic mass is 10.1. The minimum atomic E-state index is -0.411. The van der Waals surface area contributed by atoms with Gasteiger partial charge in [-0.3, -0.25) is 4.79 Å². The number of nitrogens with one attached hydrogen (secondary N) is 1. The molecule has 1 aliphatic heterocycles. The molecule has 0 bridgehead atoms. The molecule has 1 aliphatic rings. The van der Waals surface area contributed by atoms with Gasteiger partial charge in [-0.1, -0.05) is 23.7 Å². The first-order chi connectivity index (χ1) is 9.54. The number of halogens is 1. The van der Waals surface area contributed by atoms with E-state index in [1.54, 1.807) is 17.0 Å². The van der Waals surface area contributed by atoms with Gasteiger partial charge in [0.15, 0.2) is 0 Å². The Hall–Kier alpha value is -1.85. The van der Waals surface area contributed by atoms with Crippen molar-refractivity contribution in [1.82, 2.24) is 14.9 Å². The highest BCUT2D eigenvalue weighted by atomic mass is 35.5. The molecular weight excluding hydrogens is 278 g/mol. The zero-order chi connectivity index (χ0) is 14.3. The first-order valence-electron chi connectivity index (χ1n) is 6.34. The number of carbonyl (C=O) groups excluding carboxylic acids is 1. The summed E-state index contributed by atoms with van der Waals surface area (Å²) in [7, 11) is 0. The van der Waals surface area contributed by atoms with Crippen molar-refractivity contribution < 1.29 is 9.90 Å². The van der Waals surface area contributed by atoms with Crippen molar-refractivity contribution in [2.75, 3.05) is 13.1 Å². The van der Waals surface area contributed by atoms with Crippen molar-refractivity contribution in [2.45, 2.75) is 13.0 Å². The number of hydrogen-bond donors (Lipinski definition) is 2. The Kier molecular flexibility index (Phi) is 3.23. The highest BCUT2D eigenvalue weighted by Crippen LogP contribution is 2.23. The summed E-state index contributed by atoms with van der Waals surface area (Å²) in [5.41, 5.74) is 1.95. The molecule has 1 saturated heterocycles. The molecule has 0 saturated carbocycles.